The minimum absolute atomic E-state index is 0.0165. The maximum Gasteiger partial charge on any atom is 0.374 e. The molecule has 150 valence electrons. The van der Waals surface area contributed by atoms with Crippen molar-refractivity contribution in [2.45, 2.75) is 13.5 Å². The van der Waals surface area contributed by atoms with Crippen molar-refractivity contribution in [2.75, 3.05) is 13.2 Å². The van der Waals surface area contributed by atoms with Gasteiger partial charge in [-0.2, -0.15) is 0 Å². The zero-order valence-electron chi connectivity index (χ0n) is 15.5. The van der Waals surface area contributed by atoms with Crippen molar-refractivity contribution in [1.29, 1.82) is 0 Å². The van der Waals surface area contributed by atoms with E-state index in [4.69, 9.17) is 18.6 Å². The SMILES string of the molecule is CCOC(=O)c1oc2ccccc2c1COC(=O)COc1ccc([N+](=O)[O-])cc1. The molecular formula is C20H17NO8. The van der Waals surface area contributed by atoms with Crippen LogP contribution < -0.4 is 4.74 Å². The summed E-state index contributed by atoms with van der Waals surface area (Å²) in [5, 5.41) is 11.3. The van der Waals surface area contributed by atoms with Crippen LogP contribution in [0, 0.1) is 10.1 Å². The third-order valence-corrected chi connectivity index (χ3v) is 3.94. The summed E-state index contributed by atoms with van der Waals surface area (Å²) in [6.45, 7) is 1.25. The summed E-state index contributed by atoms with van der Waals surface area (Å²) in [4.78, 5) is 34.3. The van der Waals surface area contributed by atoms with E-state index in [1.54, 1.807) is 31.2 Å². The average Bonchev–Trinajstić information content (AvgIpc) is 3.10. The first-order chi connectivity index (χ1) is 14.0. The third kappa shape index (κ3) is 4.70. The second-order valence-corrected chi connectivity index (χ2v) is 5.83. The van der Waals surface area contributed by atoms with Crippen LogP contribution >= 0.6 is 0 Å². The number of benzene rings is 2. The molecule has 1 aromatic heterocycles. The van der Waals surface area contributed by atoms with Gasteiger partial charge in [0.2, 0.25) is 5.76 Å². The number of furan rings is 1. The van der Waals surface area contributed by atoms with Crippen LogP contribution in [0.4, 0.5) is 5.69 Å². The summed E-state index contributed by atoms with van der Waals surface area (Å²) in [5.41, 5.74) is 0.796. The summed E-state index contributed by atoms with van der Waals surface area (Å²) in [6, 6.07) is 12.3. The van der Waals surface area contributed by atoms with E-state index in [2.05, 4.69) is 0 Å². The number of esters is 2. The van der Waals surface area contributed by atoms with Crippen LogP contribution in [0.5, 0.6) is 5.75 Å². The second kappa shape index (κ2) is 8.87. The highest BCUT2D eigenvalue weighted by Gasteiger charge is 2.22. The highest BCUT2D eigenvalue weighted by Crippen LogP contribution is 2.27. The van der Waals surface area contributed by atoms with Gasteiger partial charge in [0.05, 0.1) is 17.1 Å². The molecule has 0 bridgehead atoms. The van der Waals surface area contributed by atoms with Crippen molar-refractivity contribution in [3.63, 3.8) is 0 Å². The highest BCUT2D eigenvalue weighted by molar-refractivity contribution is 5.96. The van der Waals surface area contributed by atoms with Crippen molar-refractivity contribution in [3.05, 3.63) is 70.0 Å². The number of hydrogen-bond donors (Lipinski definition) is 0. The highest BCUT2D eigenvalue weighted by atomic mass is 16.6. The Morgan fingerprint density at radius 1 is 1.07 bits per heavy atom. The van der Waals surface area contributed by atoms with E-state index >= 15 is 0 Å². The molecule has 0 spiro atoms. The molecule has 0 radical (unpaired) electrons. The summed E-state index contributed by atoms with van der Waals surface area (Å²) >= 11 is 0. The molecule has 0 aliphatic heterocycles. The fraction of sp³-hybridized carbons (Fsp3) is 0.200. The lowest BCUT2D eigenvalue weighted by Gasteiger charge is -2.07. The van der Waals surface area contributed by atoms with Gasteiger partial charge in [0.25, 0.3) is 5.69 Å². The zero-order valence-corrected chi connectivity index (χ0v) is 15.5. The zero-order chi connectivity index (χ0) is 20.8. The first-order valence-corrected chi connectivity index (χ1v) is 8.70. The number of carbonyl (C=O) groups is 2. The van der Waals surface area contributed by atoms with Gasteiger partial charge in [-0.25, -0.2) is 9.59 Å². The molecule has 0 N–H and O–H groups in total. The van der Waals surface area contributed by atoms with Gasteiger partial charge in [-0.15, -0.1) is 0 Å². The molecule has 9 heteroatoms. The van der Waals surface area contributed by atoms with Crippen LogP contribution in [0.3, 0.4) is 0 Å². The minimum atomic E-state index is -0.677. The maximum absolute atomic E-state index is 12.1. The predicted molar refractivity (Wildman–Crippen MR) is 101 cm³/mol. The van der Waals surface area contributed by atoms with Crippen LogP contribution in [0.2, 0.25) is 0 Å². The number of hydrogen-bond acceptors (Lipinski definition) is 8. The second-order valence-electron chi connectivity index (χ2n) is 5.83. The maximum atomic E-state index is 12.1. The molecule has 2 aromatic carbocycles. The smallest absolute Gasteiger partial charge is 0.374 e. The van der Waals surface area contributed by atoms with Crippen molar-refractivity contribution in [2.24, 2.45) is 0 Å². The van der Waals surface area contributed by atoms with E-state index in [1.807, 2.05) is 0 Å². The normalized spacial score (nSPS) is 10.5. The van der Waals surface area contributed by atoms with Gasteiger partial charge in [0.15, 0.2) is 6.61 Å². The molecule has 0 aliphatic rings. The van der Waals surface area contributed by atoms with Gasteiger partial charge in [-0.05, 0) is 25.1 Å². The Balaban J connectivity index is 1.65. The molecule has 0 aliphatic carbocycles. The largest absolute Gasteiger partial charge is 0.482 e. The van der Waals surface area contributed by atoms with Crippen LogP contribution in [0.1, 0.15) is 23.0 Å². The number of ether oxygens (including phenoxy) is 3. The van der Waals surface area contributed by atoms with Crippen LogP contribution in [-0.2, 0) is 20.9 Å². The van der Waals surface area contributed by atoms with Crippen molar-refractivity contribution in [1.82, 2.24) is 0 Å². The minimum Gasteiger partial charge on any atom is -0.482 e. The standard InChI is InChI=1S/C20H17NO8/c1-2-26-20(23)19-16(15-5-3-4-6-17(15)29-19)11-28-18(22)12-27-14-9-7-13(8-10-14)21(24)25/h3-10H,2,11-12H2,1H3. The number of para-hydroxylation sites is 1. The number of nitro benzene ring substituents is 1. The van der Waals surface area contributed by atoms with E-state index in [0.29, 0.717) is 16.5 Å². The molecule has 1 heterocycles. The molecule has 3 aromatic rings. The number of fused-ring (bicyclic) bond motifs is 1. The first-order valence-electron chi connectivity index (χ1n) is 8.70. The van der Waals surface area contributed by atoms with Crippen LogP contribution in [0.15, 0.2) is 52.9 Å². The number of non-ortho nitro benzene ring substituents is 1. The molecule has 3 rings (SSSR count). The van der Waals surface area contributed by atoms with E-state index in [1.165, 1.54) is 24.3 Å². The monoisotopic (exact) mass is 399 g/mol. The molecule has 0 fully saturated rings. The van der Waals surface area contributed by atoms with Gasteiger partial charge < -0.3 is 18.6 Å². The number of carbonyl (C=O) groups excluding carboxylic acids is 2. The average molecular weight is 399 g/mol. The van der Waals surface area contributed by atoms with Gasteiger partial charge in [-0.3, -0.25) is 10.1 Å². The molecule has 0 atom stereocenters. The van der Waals surface area contributed by atoms with Gasteiger partial charge >= 0.3 is 11.9 Å². The van der Waals surface area contributed by atoms with Gasteiger partial charge in [-0.1, -0.05) is 18.2 Å². The third-order valence-electron chi connectivity index (χ3n) is 3.94. The molecule has 0 saturated carbocycles. The molecule has 0 amide bonds. The fourth-order valence-corrected chi connectivity index (χ4v) is 2.60. The lowest BCUT2D eigenvalue weighted by molar-refractivity contribution is -0.384. The van der Waals surface area contributed by atoms with E-state index in [-0.39, 0.29) is 30.4 Å². The number of nitrogens with zero attached hydrogens (tertiary/aromatic N) is 1. The van der Waals surface area contributed by atoms with Crippen LogP contribution in [0.25, 0.3) is 11.0 Å². The number of rotatable bonds is 8. The van der Waals surface area contributed by atoms with Crippen molar-refractivity contribution in [3.8, 4) is 5.75 Å². The summed E-state index contributed by atoms with van der Waals surface area (Å²) < 4.78 is 21.0. The first kappa shape index (κ1) is 19.9. The van der Waals surface area contributed by atoms with Crippen molar-refractivity contribution >= 4 is 28.6 Å². The fourth-order valence-electron chi connectivity index (χ4n) is 2.60. The van der Waals surface area contributed by atoms with Gasteiger partial charge in [0, 0.05) is 17.5 Å². The van der Waals surface area contributed by atoms with E-state index in [9.17, 15) is 19.7 Å². The summed E-state index contributed by atoms with van der Waals surface area (Å²) in [6.07, 6.45) is 0. The topological polar surface area (TPSA) is 118 Å². The molecular weight excluding hydrogens is 382 g/mol. The number of nitro groups is 1. The van der Waals surface area contributed by atoms with Gasteiger partial charge in [0.1, 0.15) is 17.9 Å². The van der Waals surface area contributed by atoms with E-state index < -0.39 is 23.5 Å². The predicted octanol–water partition coefficient (Wildman–Crippen LogP) is 3.64. The lowest BCUT2D eigenvalue weighted by atomic mass is 10.1. The van der Waals surface area contributed by atoms with Crippen LogP contribution in [-0.4, -0.2) is 30.1 Å². The lowest BCUT2D eigenvalue weighted by Crippen LogP contribution is -2.15. The Hall–Kier alpha value is -3.88. The van der Waals surface area contributed by atoms with Crippen molar-refractivity contribution < 1.29 is 33.1 Å². The Labute approximate surface area is 164 Å². The Bertz CT molecular complexity index is 1040. The quantitative estimate of drug-likeness (QED) is 0.320. The summed E-state index contributed by atoms with van der Waals surface area (Å²) in [7, 11) is 0. The van der Waals surface area contributed by atoms with E-state index in [0.717, 1.165) is 0 Å². The Morgan fingerprint density at radius 2 is 1.79 bits per heavy atom. The molecule has 0 saturated heterocycles. The summed E-state index contributed by atoms with van der Waals surface area (Å²) in [5.74, 6) is -1.05. The Kier molecular flexibility index (Phi) is 6.08. The molecule has 9 nitrogen and oxygen atoms in total. The molecule has 29 heavy (non-hydrogen) atoms. The Morgan fingerprint density at radius 3 is 2.48 bits per heavy atom. The molecule has 0 unspecified atom stereocenters.